The number of rotatable bonds is 2. The van der Waals surface area contributed by atoms with Crippen molar-refractivity contribution in [2.24, 2.45) is 17.8 Å². The molecule has 10 rings (SSSR count). The summed E-state index contributed by atoms with van der Waals surface area (Å²) in [5.41, 5.74) is 8.07. The maximum absolute atomic E-state index is 6.82. The zero-order valence-electron chi connectivity index (χ0n) is 21.0. The summed E-state index contributed by atoms with van der Waals surface area (Å²) in [4.78, 5) is 0. The molecule has 37 heavy (non-hydrogen) atoms. The average molecular weight is 480 g/mol. The third-order valence-corrected chi connectivity index (χ3v) is 10.2. The summed E-state index contributed by atoms with van der Waals surface area (Å²) < 4.78 is 13.3. The van der Waals surface area contributed by atoms with E-state index in [4.69, 9.17) is 9.47 Å². The van der Waals surface area contributed by atoms with Crippen LogP contribution in [0, 0.1) is 17.8 Å². The van der Waals surface area contributed by atoms with Gasteiger partial charge in [0, 0.05) is 11.0 Å². The Kier molecular flexibility index (Phi) is 4.07. The normalized spacial score (nSPS) is 27.6. The maximum Gasteiger partial charge on any atom is 0.260 e. The molecule has 0 atom stereocenters. The van der Waals surface area contributed by atoms with Crippen LogP contribution in [0.3, 0.4) is 0 Å². The van der Waals surface area contributed by atoms with Crippen LogP contribution in [0.1, 0.15) is 44.1 Å². The summed E-state index contributed by atoms with van der Waals surface area (Å²) >= 11 is 0. The van der Waals surface area contributed by atoms with E-state index < -0.39 is 0 Å². The molecule has 180 valence electrons. The Balaban J connectivity index is 1.27. The standard InChI is InChI=1S/C34H29BO2/c1-2-8-26(34-18-21-15-22(19-34)17-23(16-21)20-34)24(7-1)25-13-14-31-32-33(25)37-30-12-6-4-10-28(30)35(32)27-9-3-5-11-29(27)36-31/h1-14,21-23H,15-20H2. The van der Waals surface area contributed by atoms with Gasteiger partial charge >= 0.3 is 0 Å². The van der Waals surface area contributed by atoms with E-state index in [9.17, 15) is 0 Å². The minimum Gasteiger partial charge on any atom is -0.458 e. The molecule has 4 aromatic carbocycles. The predicted octanol–water partition coefficient (Wildman–Crippen LogP) is 6.55. The van der Waals surface area contributed by atoms with Gasteiger partial charge in [0.15, 0.2) is 0 Å². The first kappa shape index (κ1) is 20.6. The second kappa shape index (κ2) is 7.31. The van der Waals surface area contributed by atoms with Crippen molar-refractivity contribution in [3.8, 4) is 34.1 Å². The molecule has 3 heteroatoms. The molecule has 0 spiro atoms. The Morgan fingerprint density at radius 1 is 0.568 bits per heavy atom. The van der Waals surface area contributed by atoms with Gasteiger partial charge in [0.05, 0.1) is 0 Å². The maximum atomic E-state index is 6.82. The van der Waals surface area contributed by atoms with E-state index in [-0.39, 0.29) is 6.71 Å². The Hall–Kier alpha value is -3.46. The Morgan fingerprint density at radius 3 is 1.86 bits per heavy atom. The molecule has 6 aliphatic rings. The van der Waals surface area contributed by atoms with Crippen molar-refractivity contribution in [3.05, 3.63) is 90.5 Å². The number of fused-ring (bicyclic) bond motifs is 4. The van der Waals surface area contributed by atoms with Crippen LogP contribution in [0.2, 0.25) is 0 Å². The first-order valence-corrected chi connectivity index (χ1v) is 14.1. The van der Waals surface area contributed by atoms with E-state index in [1.54, 1.807) is 5.56 Å². The number of hydrogen-bond donors (Lipinski definition) is 0. The van der Waals surface area contributed by atoms with Gasteiger partial charge in [-0.2, -0.15) is 0 Å². The molecule has 4 bridgehead atoms. The Labute approximate surface area is 218 Å². The largest absolute Gasteiger partial charge is 0.458 e. The molecular formula is C34H29BO2. The second-order valence-corrected chi connectivity index (χ2v) is 12.3. The molecule has 0 saturated heterocycles. The Morgan fingerprint density at radius 2 is 1.16 bits per heavy atom. The molecule has 4 fully saturated rings. The quantitative estimate of drug-likeness (QED) is 0.262. The molecule has 0 amide bonds. The second-order valence-electron chi connectivity index (χ2n) is 12.3. The van der Waals surface area contributed by atoms with Crippen LogP contribution in [0.5, 0.6) is 23.0 Å². The van der Waals surface area contributed by atoms with Gasteiger partial charge in [0.2, 0.25) is 0 Å². The highest BCUT2D eigenvalue weighted by atomic mass is 16.5. The lowest BCUT2D eigenvalue weighted by molar-refractivity contribution is -0.00492. The fourth-order valence-electron chi connectivity index (χ4n) is 9.22. The summed E-state index contributed by atoms with van der Waals surface area (Å²) in [6, 6.07) is 30.7. The molecule has 0 radical (unpaired) electrons. The van der Waals surface area contributed by atoms with E-state index in [1.165, 1.54) is 66.0 Å². The molecule has 4 aromatic rings. The van der Waals surface area contributed by atoms with E-state index in [0.29, 0.717) is 5.41 Å². The highest BCUT2D eigenvalue weighted by molar-refractivity contribution is 6.98. The number of benzene rings is 4. The molecule has 4 aliphatic carbocycles. The van der Waals surface area contributed by atoms with Crippen LogP contribution in [-0.4, -0.2) is 6.71 Å². The van der Waals surface area contributed by atoms with Crippen LogP contribution in [0.4, 0.5) is 0 Å². The molecular weight excluding hydrogens is 451 g/mol. The fraction of sp³-hybridized carbons (Fsp3) is 0.294. The van der Waals surface area contributed by atoms with Crippen molar-refractivity contribution in [2.75, 3.05) is 0 Å². The van der Waals surface area contributed by atoms with Crippen LogP contribution in [0.25, 0.3) is 11.1 Å². The third-order valence-electron chi connectivity index (χ3n) is 10.2. The lowest BCUT2D eigenvalue weighted by Crippen LogP contribution is -2.57. The predicted molar refractivity (Wildman–Crippen MR) is 149 cm³/mol. The summed E-state index contributed by atoms with van der Waals surface area (Å²) in [7, 11) is 0. The minimum atomic E-state index is 0.117. The van der Waals surface area contributed by atoms with Crippen LogP contribution < -0.4 is 25.9 Å². The molecule has 2 nitrogen and oxygen atoms in total. The van der Waals surface area contributed by atoms with Gasteiger partial charge in [-0.15, -0.1) is 0 Å². The fourth-order valence-corrected chi connectivity index (χ4v) is 9.22. The van der Waals surface area contributed by atoms with Gasteiger partial charge in [-0.3, -0.25) is 0 Å². The van der Waals surface area contributed by atoms with Gasteiger partial charge < -0.3 is 9.47 Å². The van der Waals surface area contributed by atoms with Gasteiger partial charge in [-0.05, 0) is 108 Å². The zero-order valence-corrected chi connectivity index (χ0v) is 21.0. The molecule has 2 heterocycles. The molecule has 0 N–H and O–H groups in total. The van der Waals surface area contributed by atoms with Crippen molar-refractivity contribution in [1.29, 1.82) is 0 Å². The van der Waals surface area contributed by atoms with Crippen molar-refractivity contribution < 1.29 is 9.47 Å². The van der Waals surface area contributed by atoms with Gasteiger partial charge in [0.1, 0.15) is 23.0 Å². The van der Waals surface area contributed by atoms with Crippen molar-refractivity contribution in [2.45, 2.75) is 43.9 Å². The molecule has 2 aliphatic heterocycles. The number of hydrogen-bond acceptors (Lipinski definition) is 2. The summed E-state index contributed by atoms with van der Waals surface area (Å²) in [5, 5.41) is 0. The van der Waals surface area contributed by atoms with Gasteiger partial charge in [0.25, 0.3) is 6.71 Å². The number of ether oxygens (including phenoxy) is 2. The van der Waals surface area contributed by atoms with E-state index in [2.05, 4.69) is 84.9 Å². The van der Waals surface area contributed by atoms with Crippen LogP contribution in [-0.2, 0) is 5.41 Å². The first-order chi connectivity index (χ1) is 18.3. The third kappa shape index (κ3) is 2.83. The van der Waals surface area contributed by atoms with Gasteiger partial charge in [-0.25, -0.2) is 0 Å². The highest BCUT2D eigenvalue weighted by Crippen LogP contribution is 2.62. The molecule has 0 aromatic heterocycles. The van der Waals surface area contributed by atoms with Crippen molar-refractivity contribution >= 4 is 23.1 Å². The Bertz CT molecular complexity index is 1540. The van der Waals surface area contributed by atoms with Crippen LogP contribution in [0.15, 0.2) is 84.9 Å². The molecule has 4 saturated carbocycles. The zero-order chi connectivity index (χ0) is 24.1. The lowest BCUT2D eigenvalue weighted by atomic mass is 9.34. The summed E-state index contributed by atoms with van der Waals surface area (Å²) in [5.74, 6) is 6.56. The average Bonchev–Trinajstić information content (AvgIpc) is 2.92. The van der Waals surface area contributed by atoms with E-state index in [1.807, 2.05) is 0 Å². The molecule has 0 unspecified atom stereocenters. The number of para-hydroxylation sites is 2. The minimum absolute atomic E-state index is 0.117. The smallest absolute Gasteiger partial charge is 0.260 e. The van der Waals surface area contributed by atoms with E-state index >= 15 is 0 Å². The van der Waals surface area contributed by atoms with Crippen molar-refractivity contribution in [3.63, 3.8) is 0 Å². The summed E-state index contributed by atoms with van der Waals surface area (Å²) in [6.07, 6.45) is 8.47. The monoisotopic (exact) mass is 480 g/mol. The first-order valence-electron chi connectivity index (χ1n) is 14.1. The topological polar surface area (TPSA) is 18.5 Å². The highest BCUT2D eigenvalue weighted by Gasteiger charge is 2.52. The lowest BCUT2D eigenvalue weighted by Gasteiger charge is -2.57. The SMILES string of the molecule is c1ccc2c(c1)Oc1ccc(-c3ccccc3C34CC5CC(CC(C5)C3)C4)c3c1B2c1ccccc1O3. The van der Waals surface area contributed by atoms with Crippen LogP contribution >= 0.6 is 0 Å². The van der Waals surface area contributed by atoms with Crippen molar-refractivity contribution in [1.82, 2.24) is 0 Å². The summed E-state index contributed by atoms with van der Waals surface area (Å²) in [6.45, 7) is 0.117. The van der Waals surface area contributed by atoms with E-state index in [0.717, 1.165) is 40.8 Å². The van der Waals surface area contributed by atoms with Gasteiger partial charge in [-0.1, -0.05) is 60.7 Å².